The maximum absolute atomic E-state index is 4.37. The Bertz CT molecular complexity index is 480. The van der Waals surface area contributed by atoms with Gasteiger partial charge in [0.25, 0.3) is 0 Å². The van der Waals surface area contributed by atoms with Crippen molar-refractivity contribution in [1.82, 2.24) is 4.98 Å². The van der Waals surface area contributed by atoms with E-state index in [1.54, 1.807) is 17.6 Å². The number of rotatable bonds is 3. The van der Waals surface area contributed by atoms with E-state index in [0.717, 1.165) is 20.9 Å². The molecule has 0 amide bonds. The molecule has 0 fully saturated rings. The van der Waals surface area contributed by atoms with Crippen molar-refractivity contribution in [3.8, 4) is 0 Å². The van der Waals surface area contributed by atoms with Crippen molar-refractivity contribution in [2.45, 2.75) is 6.92 Å². The zero-order valence-electron chi connectivity index (χ0n) is 8.40. The van der Waals surface area contributed by atoms with Crippen LogP contribution in [0.1, 0.15) is 6.92 Å². The second kappa shape index (κ2) is 4.23. The largest absolute Gasteiger partial charge is 0.253 e. The van der Waals surface area contributed by atoms with Gasteiger partial charge in [-0.15, -0.1) is 0 Å². The van der Waals surface area contributed by atoms with Crippen molar-refractivity contribution in [2.75, 3.05) is 5.43 Å². The minimum atomic E-state index is 0.800. The minimum absolute atomic E-state index is 0.800. The molecule has 76 valence electrons. The van der Waals surface area contributed by atoms with E-state index >= 15 is 0 Å². The van der Waals surface area contributed by atoms with E-state index in [9.17, 15) is 0 Å². The lowest BCUT2D eigenvalue weighted by Crippen LogP contribution is -1.87. The summed E-state index contributed by atoms with van der Waals surface area (Å²) in [6.45, 7) is 5.62. The maximum atomic E-state index is 4.37. The Kier molecular flexibility index (Phi) is 2.78. The highest BCUT2D eigenvalue weighted by atomic mass is 32.1. The molecule has 15 heavy (non-hydrogen) atoms. The van der Waals surface area contributed by atoms with Crippen molar-refractivity contribution in [3.63, 3.8) is 0 Å². The van der Waals surface area contributed by atoms with Gasteiger partial charge in [0.15, 0.2) is 0 Å². The first-order chi connectivity index (χ1) is 7.25. The van der Waals surface area contributed by atoms with Gasteiger partial charge in [0, 0.05) is 6.21 Å². The Morgan fingerprint density at radius 2 is 2.33 bits per heavy atom. The standard InChI is InChI=1S/C11H11N3S/c1-8(2)7-12-14-11-13-9-5-3-4-6-10(9)15-11/h3-7H,1H2,2H3,(H,13,14). The van der Waals surface area contributed by atoms with Crippen LogP contribution in [0.3, 0.4) is 0 Å². The quantitative estimate of drug-likeness (QED) is 0.633. The van der Waals surface area contributed by atoms with Crippen molar-refractivity contribution in [1.29, 1.82) is 0 Å². The second-order valence-electron chi connectivity index (χ2n) is 3.20. The molecule has 2 aromatic rings. The number of para-hydroxylation sites is 1. The van der Waals surface area contributed by atoms with Crippen LogP contribution in [0, 0.1) is 0 Å². The van der Waals surface area contributed by atoms with Crippen LogP contribution < -0.4 is 5.43 Å². The third-order valence-electron chi connectivity index (χ3n) is 1.74. The Labute approximate surface area is 92.2 Å². The van der Waals surface area contributed by atoms with Crippen LogP contribution in [0.5, 0.6) is 0 Å². The van der Waals surface area contributed by atoms with Gasteiger partial charge < -0.3 is 0 Å². The molecule has 1 N–H and O–H groups in total. The van der Waals surface area contributed by atoms with Crippen LogP contribution in [-0.4, -0.2) is 11.2 Å². The van der Waals surface area contributed by atoms with E-state index < -0.39 is 0 Å². The summed E-state index contributed by atoms with van der Waals surface area (Å²) in [5.41, 5.74) is 4.78. The highest BCUT2D eigenvalue weighted by Crippen LogP contribution is 2.25. The number of hydrogen-bond acceptors (Lipinski definition) is 4. The average molecular weight is 217 g/mol. The van der Waals surface area contributed by atoms with Crippen molar-refractivity contribution in [3.05, 3.63) is 36.4 Å². The Morgan fingerprint density at radius 3 is 3.07 bits per heavy atom. The fourth-order valence-corrected chi connectivity index (χ4v) is 1.93. The molecule has 0 radical (unpaired) electrons. The van der Waals surface area contributed by atoms with E-state index in [1.165, 1.54) is 0 Å². The number of hydrogen-bond donors (Lipinski definition) is 1. The number of anilines is 1. The summed E-state index contributed by atoms with van der Waals surface area (Å²) < 4.78 is 1.16. The molecule has 0 aliphatic carbocycles. The first-order valence-corrected chi connectivity index (χ1v) is 5.37. The SMILES string of the molecule is C=C(C)C=NNc1nc2ccccc2s1. The second-order valence-corrected chi connectivity index (χ2v) is 4.23. The summed E-state index contributed by atoms with van der Waals surface area (Å²) in [7, 11) is 0. The molecule has 1 aromatic heterocycles. The number of thiazole rings is 1. The van der Waals surface area contributed by atoms with Gasteiger partial charge in [-0.05, 0) is 24.6 Å². The Morgan fingerprint density at radius 1 is 1.53 bits per heavy atom. The Balaban J connectivity index is 2.19. The number of hydrazone groups is 1. The zero-order valence-corrected chi connectivity index (χ0v) is 9.21. The molecular formula is C11H11N3S. The van der Waals surface area contributed by atoms with Gasteiger partial charge in [-0.2, -0.15) is 5.10 Å². The zero-order chi connectivity index (χ0) is 10.7. The lowest BCUT2D eigenvalue weighted by molar-refractivity contribution is 1.31. The van der Waals surface area contributed by atoms with Gasteiger partial charge in [-0.3, -0.25) is 5.43 Å². The molecule has 0 aliphatic heterocycles. The summed E-state index contributed by atoms with van der Waals surface area (Å²) >= 11 is 1.58. The molecule has 1 heterocycles. The van der Waals surface area contributed by atoms with E-state index in [1.807, 2.05) is 31.2 Å². The summed E-state index contributed by atoms with van der Waals surface area (Å²) in [5.74, 6) is 0. The monoisotopic (exact) mass is 217 g/mol. The van der Waals surface area contributed by atoms with Crippen molar-refractivity contribution in [2.24, 2.45) is 5.10 Å². The van der Waals surface area contributed by atoms with Gasteiger partial charge in [-0.25, -0.2) is 4.98 Å². The molecule has 0 saturated carbocycles. The highest BCUT2D eigenvalue weighted by Gasteiger charge is 2.00. The molecular weight excluding hydrogens is 206 g/mol. The van der Waals surface area contributed by atoms with Gasteiger partial charge >= 0.3 is 0 Å². The average Bonchev–Trinajstić information content (AvgIpc) is 2.59. The van der Waals surface area contributed by atoms with Crippen molar-refractivity contribution >= 4 is 32.9 Å². The lowest BCUT2D eigenvalue weighted by atomic mass is 10.3. The molecule has 0 bridgehead atoms. The summed E-state index contributed by atoms with van der Waals surface area (Å²) in [6.07, 6.45) is 1.67. The molecule has 0 aliphatic rings. The lowest BCUT2D eigenvalue weighted by Gasteiger charge is -1.90. The molecule has 3 nitrogen and oxygen atoms in total. The number of nitrogens with zero attached hydrogens (tertiary/aromatic N) is 2. The predicted octanol–water partition coefficient (Wildman–Crippen LogP) is 3.27. The smallest absolute Gasteiger partial charge is 0.204 e. The number of aromatic nitrogens is 1. The van der Waals surface area contributed by atoms with Crippen LogP contribution >= 0.6 is 11.3 Å². The molecule has 0 atom stereocenters. The van der Waals surface area contributed by atoms with Crippen LogP contribution in [0.25, 0.3) is 10.2 Å². The first kappa shape index (κ1) is 9.86. The summed E-state index contributed by atoms with van der Waals surface area (Å²) in [6, 6.07) is 8.00. The summed E-state index contributed by atoms with van der Waals surface area (Å²) in [5, 5.41) is 4.81. The number of benzene rings is 1. The fraction of sp³-hybridized carbons (Fsp3) is 0.0909. The fourth-order valence-electron chi connectivity index (χ4n) is 1.12. The van der Waals surface area contributed by atoms with Gasteiger partial charge in [-0.1, -0.05) is 30.0 Å². The van der Waals surface area contributed by atoms with Crippen LogP contribution in [-0.2, 0) is 0 Å². The van der Waals surface area contributed by atoms with Gasteiger partial charge in [0.2, 0.25) is 5.13 Å². The first-order valence-electron chi connectivity index (χ1n) is 4.56. The number of allylic oxidation sites excluding steroid dienone is 1. The highest BCUT2D eigenvalue weighted by molar-refractivity contribution is 7.22. The predicted molar refractivity (Wildman–Crippen MR) is 66.5 cm³/mol. The van der Waals surface area contributed by atoms with E-state index in [2.05, 4.69) is 22.1 Å². The van der Waals surface area contributed by atoms with E-state index in [0.29, 0.717) is 0 Å². The van der Waals surface area contributed by atoms with E-state index in [4.69, 9.17) is 0 Å². The number of nitrogens with one attached hydrogen (secondary N) is 1. The topological polar surface area (TPSA) is 37.3 Å². The molecule has 1 aromatic carbocycles. The third kappa shape index (κ3) is 2.41. The molecule has 0 unspecified atom stereocenters. The van der Waals surface area contributed by atoms with Gasteiger partial charge in [0.05, 0.1) is 10.2 Å². The minimum Gasteiger partial charge on any atom is -0.253 e. The maximum Gasteiger partial charge on any atom is 0.204 e. The molecule has 0 spiro atoms. The number of fused-ring (bicyclic) bond motifs is 1. The normalized spacial score (nSPS) is 11.0. The van der Waals surface area contributed by atoms with E-state index in [-0.39, 0.29) is 0 Å². The van der Waals surface area contributed by atoms with Crippen LogP contribution in [0.4, 0.5) is 5.13 Å². The molecule has 2 rings (SSSR count). The van der Waals surface area contributed by atoms with Crippen LogP contribution in [0.15, 0.2) is 41.5 Å². The van der Waals surface area contributed by atoms with Crippen molar-refractivity contribution < 1.29 is 0 Å². The summed E-state index contributed by atoms with van der Waals surface area (Å²) in [4.78, 5) is 4.37. The Hall–Kier alpha value is -1.68. The molecule has 0 saturated heterocycles. The third-order valence-corrected chi connectivity index (χ3v) is 2.68. The molecule has 4 heteroatoms. The van der Waals surface area contributed by atoms with Gasteiger partial charge in [0.1, 0.15) is 0 Å². The van der Waals surface area contributed by atoms with Crippen LogP contribution in [0.2, 0.25) is 0 Å².